The third kappa shape index (κ3) is 1.46. The Bertz CT molecular complexity index is 564. The average molecular weight is 215 g/mol. The van der Waals surface area contributed by atoms with Crippen molar-refractivity contribution in [2.24, 2.45) is 0 Å². The van der Waals surface area contributed by atoms with Crippen molar-refractivity contribution < 1.29 is 0 Å². The summed E-state index contributed by atoms with van der Waals surface area (Å²) >= 11 is 0. The molecule has 16 heavy (non-hydrogen) atoms. The fourth-order valence-corrected chi connectivity index (χ4v) is 1.84. The normalized spacial score (nSPS) is 15.3. The fraction of sp³-hybridized carbons (Fsp3) is 0.333. The van der Waals surface area contributed by atoms with Crippen molar-refractivity contribution in [3.05, 3.63) is 40.1 Å². The lowest BCUT2D eigenvalue weighted by atomic mass is 10.2. The molecule has 0 radical (unpaired) electrons. The van der Waals surface area contributed by atoms with E-state index in [4.69, 9.17) is 0 Å². The Balaban J connectivity index is 2.19. The molecule has 2 aromatic heterocycles. The predicted octanol–water partition coefficient (Wildman–Crippen LogP) is 1.95. The number of H-pyrrole nitrogens is 2. The van der Waals surface area contributed by atoms with Crippen molar-refractivity contribution in [1.82, 2.24) is 15.0 Å². The summed E-state index contributed by atoms with van der Waals surface area (Å²) in [6, 6.07) is 3.85. The number of nitrogens with one attached hydrogen (secondary N) is 2. The van der Waals surface area contributed by atoms with E-state index in [1.165, 1.54) is 0 Å². The van der Waals surface area contributed by atoms with Crippen LogP contribution >= 0.6 is 0 Å². The van der Waals surface area contributed by atoms with E-state index in [-0.39, 0.29) is 5.56 Å². The Morgan fingerprint density at radius 1 is 1.44 bits per heavy atom. The third-order valence-electron chi connectivity index (χ3n) is 2.99. The van der Waals surface area contributed by atoms with Crippen LogP contribution in [0.25, 0.3) is 11.4 Å². The quantitative estimate of drug-likeness (QED) is 0.804. The molecule has 82 valence electrons. The largest absolute Gasteiger partial charge is 0.360 e. The Hall–Kier alpha value is -1.84. The van der Waals surface area contributed by atoms with E-state index in [9.17, 15) is 4.79 Å². The van der Waals surface area contributed by atoms with Gasteiger partial charge in [-0.25, -0.2) is 4.98 Å². The van der Waals surface area contributed by atoms with Crippen LogP contribution in [0.3, 0.4) is 0 Å². The lowest BCUT2D eigenvalue weighted by Gasteiger charge is -2.05. The van der Waals surface area contributed by atoms with E-state index in [1.54, 1.807) is 6.92 Å². The van der Waals surface area contributed by atoms with Crippen LogP contribution in [0.15, 0.2) is 23.1 Å². The Morgan fingerprint density at radius 3 is 2.88 bits per heavy atom. The minimum Gasteiger partial charge on any atom is -0.360 e. The van der Waals surface area contributed by atoms with E-state index in [1.807, 2.05) is 18.3 Å². The van der Waals surface area contributed by atoms with Gasteiger partial charge in [0, 0.05) is 17.7 Å². The Morgan fingerprint density at radius 2 is 2.25 bits per heavy atom. The van der Waals surface area contributed by atoms with Gasteiger partial charge in [0.2, 0.25) is 0 Å². The molecule has 0 saturated heterocycles. The van der Waals surface area contributed by atoms with Crippen molar-refractivity contribution in [2.75, 3.05) is 0 Å². The molecule has 0 spiro atoms. The highest BCUT2D eigenvalue weighted by molar-refractivity contribution is 5.58. The number of rotatable bonds is 2. The summed E-state index contributed by atoms with van der Waals surface area (Å²) < 4.78 is 0. The molecule has 3 rings (SSSR count). The van der Waals surface area contributed by atoms with Crippen LogP contribution in [0.1, 0.15) is 30.1 Å². The molecule has 2 heterocycles. The van der Waals surface area contributed by atoms with Gasteiger partial charge in [-0.1, -0.05) is 0 Å². The highest BCUT2D eigenvalue weighted by Gasteiger charge is 2.27. The molecule has 1 aliphatic carbocycles. The number of nitrogens with zero attached hydrogens (tertiary/aromatic N) is 1. The molecule has 2 aromatic rings. The Kier molecular flexibility index (Phi) is 1.96. The van der Waals surface area contributed by atoms with Gasteiger partial charge in [0.1, 0.15) is 5.82 Å². The average Bonchev–Trinajstić information content (AvgIpc) is 2.98. The number of aromatic amines is 2. The maximum Gasteiger partial charge on any atom is 0.254 e. The molecule has 0 atom stereocenters. The first kappa shape index (κ1) is 9.39. The summed E-state index contributed by atoms with van der Waals surface area (Å²) in [5.74, 6) is 1.29. The summed E-state index contributed by atoms with van der Waals surface area (Å²) in [7, 11) is 0. The van der Waals surface area contributed by atoms with Gasteiger partial charge in [-0.3, -0.25) is 4.79 Å². The van der Waals surface area contributed by atoms with Gasteiger partial charge >= 0.3 is 0 Å². The first-order valence-electron chi connectivity index (χ1n) is 5.50. The predicted molar refractivity (Wildman–Crippen MR) is 61.4 cm³/mol. The molecule has 4 nitrogen and oxygen atoms in total. The molecular formula is C12H13N3O. The molecule has 0 aliphatic heterocycles. The maximum absolute atomic E-state index is 11.8. The first-order chi connectivity index (χ1) is 7.75. The van der Waals surface area contributed by atoms with Gasteiger partial charge < -0.3 is 9.97 Å². The van der Waals surface area contributed by atoms with E-state index in [0.717, 1.165) is 30.1 Å². The molecular weight excluding hydrogens is 202 g/mol. The second-order valence-corrected chi connectivity index (χ2v) is 4.28. The van der Waals surface area contributed by atoms with Crippen molar-refractivity contribution in [1.29, 1.82) is 0 Å². The lowest BCUT2D eigenvalue weighted by molar-refractivity contribution is 0.899. The molecule has 0 amide bonds. The zero-order valence-corrected chi connectivity index (χ0v) is 9.08. The highest BCUT2D eigenvalue weighted by Crippen LogP contribution is 2.38. The van der Waals surface area contributed by atoms with Crippen molar-refractivity contribution in [3.63, 3.8) is 0 Å². The first-order valence-corrected chi connectivity index (χ1v) is 5.50. The van der Waals surface area contributed by atoms with Gasteiger partial charge in [-0.05, 0) is 31.9 Å². The summed E-state index contributed by atoms with van der Waals surface area (Å²) in [5, 5.41) is 0. The second-order valence-electron chi connectivity index (χ2n) is 4.28. The maximum atomic E-state index is 11.8. The number of aromatic nitrogens is 3. The molecule has 1 fully saturated rings. The minimum atomic E-state index is -0.0264. The summed E-state index contributed by atoms with van der Waals surface area (Å²) in [4.78, 5) is 22.3. The monoisotopic (exact) mass is 215 g/mol. The van der Waals surface area contributed by atoms with Gasteiger partial charge in [0.25, 0.3) is 5.56 Å². The van der Waals surface area contributed by atoms with Gasteiger partial charge in [-0.15, -0.1) is 0 Å². The van der Waals surface area contributed by atoms with Crippen LogP contribution in [0.5, 0.6) is 0 Å². The minimum absolute atomic E-state index is 0.0264. The summed E-state index contributed by atoms with van der Waals surface area (Å²) in [5.41, 5.74) is 2.33. The van der Waals surface area contributed by atoms with Crippen LogP contribution in [0, 0.1) is 6.92 Å². The lowest BCUT2D eigenvalue weighted by Crippen LogP contribution is -2.15. The van der Waals surface area contributed by atoms with Crippen molar-refractivity contribution in [2.45, 2.75) is 25.7 Å². The molecule has 0 bridgehead atoms. The van der Waals surface area contributed by atoms with Gasteiger partial charge in [-0.2, -0.15) is 0 Å². The molecule has 2 N–H and O–H groups in total. The fourth-order valence-electron chi connectivity index (χ4n) is 1.84. The van der Waals surface area contributed by atoms with E-state index in [2.05, 4.69) is 15.0 Å². The van der Waals surface area contributed by atoms with Crippen LogP contribution in [-0.4, -0.2) is 15.0 Å². The topological polar surface area (TPSA) is 61.5 Å². The standard InChI is InChI=1S/C12H13N3O/c1-7-10(9-3-2-6-13-9)14-11(8-4-5-8)15-12(7)16/h2-3,6,8,13H,4-5H2,1H3,(H,14,15,16). The summed E-state index contributed by atoms with van der Waals surface area (Å²) in [6.45, 7) is 1.80. The third-order valence-corrected chi connectivity index (χ3v) is 2.99. The highest BCUT2D eigenvalue weighted by atomic mass is 16.1. The van der Waals surface area contributed by atoms with E-state index < -0.39 is 0 Å². The number of hydrogen-bond donors (Lipinski definition) is 2. The van der Waals surface area contributed by atoms with Gasteiger partial charge in [0.05, 0.1) is 11.4 Å². The van der Waals surface area contributed by atoms with Crippen molar-refractivity contribution in [3.8, 4) is 11.4 Å². The van der Waals surface area contributed by atoms with E-state index in [0.29, 0.717) is 11.5 Å². The van der Waals surface area contributed by atoms with Gasteiger partial charge in [0.15, 0.2) is 0 Å². The molecule has 4 heteroatoms. The SMILES string of the molecule is Cc1c(-c2ccc[nH]2)nc(C2CC2)[nH]c1=O. The molecule has 0 unspecified atom stereocenters. The molecule has 0 aromatic carbocycles. The van der Waals surface area contributed by atoms with Crippen LogP contribution < -0.4 is 5.56 Å². The van der Waals surface area contributed by atoms with Crippen molar-refractivity contribution >= 4 is 0 Å². The Labute approximate surface area is 92.8 Å². The van der Waals surface area contributed by atoms with E-state index >= 15 is 0 Å². The zero-order chi connectivity index (χ0) is 11.1. The number of hydrogen-bond acceptors (Lipinski definition) is 2. The van der Waals surface area contributed by atoms with Crippen LogP contribution in [0.2, 0.25) is 0 Å². The zero-order valence-electron chi connectivity index (χ0n) is 9.08. The second kappa shape index (κ2) is 3.33. The van der Waals surface area contributed by atoms with Crippen LogP contribution in [0.4, 0.5) is 0 Å². The smallest absolute Gasteiger partial charge is 0.254 e. The van der Waals surface area contributed by atoms with Crippen LogP contribution in [-0.2, 0) is 0 Å². The molecule has 1 saturated carbocycles. The molecule has 1 aliphatic rings. The summed E-state index contributed by atoms with van der Waals surface area (Å²) in [6.07, 6.45) is 4.11.